The van der Waals surface area contributed by atoms with Gasteiger partial charge < -0.3 is 10.1 Å². The number of ether oxygens (including phenoxy) is 1. The van der Waals surface area contributed by atoms with E-state index in [1.807, 2.05) is 6.92 Å². The van der Waals surface area contributed by atoms with Crippen molar-refractivity contribution in [1.82, 2.24) is 9.62 Å². The van der Waals surface area contributed by atoms with Crippen LogP contribution in [-0.2, 0) is 16.6 Å². The largest absolute Gasteiger partial charge is 0.495 e. The molecular formula is C15H22N2O3S. The van der Waals surface area contributed by atoms with Crippen molar-refractivity contribution in [3.05, 3.63) is 23.8 Å². The van der Waals surface area contributed by atoms with Crippen LogP contribution in [0.5, 0.6) is 5.75 Å². The quantitative estimate of drug-likeness (QED) is 0.738. The van der Waals surface area contributed by atoms with E-state index >= 15 is 0 Å². The summed E-state index contributed by atoms with van der Waals surface area (Å²) in [6.07, 6.45) is 5.23. The molecule has 0 radical (unpaired) electrons. The Balaban J connectivity index is 3.20. The van der Waals surface area contributed by atoms with Crippen LogP contribution in [0.25, 0.3) is 0 Å². The number of nitrogens with zero attached hydrogens (tertiary/aromatic N) is 1. The summed E-state index contributed by atoms with van der Waals surface area (Å²) in [5, 5.41) is 3.19. The Morgan fingerprint density at radius 2 is 2.10 bits per heavy atom. The zero-order valence-electron chi connectivity index (χ0n) is 12.7. The van der Waals surface area contributed by atoms with Crippen molar-refractivity contribution in [2.45, 2.75) is 25.3 Å². The number of sulfonamides is 1. The van der Waals surface area contributed by atoms with Crippen LogP contribution in [-0.4, -0.2) is 39.5 Å². The first kappa shape index (κ1) is 17.5. The summed E-state index contributed by atoms with van der Waals surface area (Å²) < 4.78 is 31.7. The maximum absolute atomic E-state index is 12.6. The minimum Gasteiger partial charge on any atom is -0.495 e. The van der Waals surface area contributed by atoms with Gasteiger partial charge in [-0.2, -0.15) is 4.31 Å². The predicted octanol–water partition coefficient (Wildman–Crippen LogP) is 1.45. The van der Waals surface area contributed by atoms with E-state index in [1.165, 1.54) is 11.4 Å². The summed E-state index contributed by atoms with van der Waals surface area (Å²) in [7, 11) is -2.19. The third kappa shape index (κ3) is 4.21. The van der Waals surface area contributed by atoms with Crippen LogP contribution in [0.1, 0.15) is 19.4 Å². The van der Waals surface area contributed by atoms with Crippen LogP contribution in [0, 0.1) is 12.3 Å². The second-order valence-corrected chi connectivity index (χ2v) is 6.31. The van der Waals surface area contributed by atoms with Gasteiger partial charge in [-0.05, 0) is 24.2 Å². The molecule has 21 heavy (non-hydrogen) atoms. The summed E-state index contributed by atoms with van der Waals surface area (Å²) in [6, 6.07) is 5.08. The fourth-order valence-electron chi connectivity index (χ4n) is 1.91. The molecule has 0 spiro atoms. The lowest BCUT2D eigenvalue weighted by atomic mass is 10.2. The minimum absolute atomic E-state index is 0.0428. The molecule has 1 N–H and O–H groups in total. The number of benzene rings is 1. The number of nitrogens with one attached hydrogen (secondary N) is 1. The molecule has 0 saturated heterocycles. The van der Waals surface area contributed by atoms with Crippen LogP contribution >= 0.6 is 0 Å². The first-order chi connectivity index (χ1) is 10.0. The molecule has 0 saturated carbocycles. The van der Waals surface area contributed by atoms with Gasteiger partial charge in [-0.1, -0.05) is 25.8 Å². The smallest absolute Gasteiger partial charge is 0.247 e. The molecule has 0 bridgehead atoms. The average molecular weight is 310 g/mol. The second kappa shape index (κ2) is 8.03. The van der Waals surface area contributed by atoms with Crippen LogP contribution in [0.2, 0.25) is 0 Å². The molecule has 5 nitrogen and oxygen atoms in total. The van der Waals surface area contributed by atoms with Crippen molar-refractivity contribution >= 4 is 10.0 Å². The van der Waals surface area contributed by atoms with Crippen molar-refractivity contribution in [2.24, 2.45) is 0 Å². The van der Waals surface area contributed by atoms with Crippen LogP contribution in [0.3, 0.4) is 0 Å². The number of terminal acetylenes is 1. The van der Waals surface area contributed by atoms with E-state index in [4.69, 9.17) is 11.2 Å². The highest BCUT2D eigenvalue weighted by Crippen LogP contribution is 2.27. The fraction of sp³-hybridized carbons (Fsp3) is 0.467. The van der Waals surface area contributed by atoms with Crippen molar-refractivity contribution in [2.75, 3.05) is 26.7 Å². The Morgan fingerprint density at radius 3 is 2.62 bits per heavy atom. The van der Waals surface area contributed by atoms with E-state index in [2.05, 4.69) is 11.2 Å². The van der Waals surface area contributed by atoms with Crippen LogP contribution in [0.15, 0.2) is 23.1 Å². The summed E-state index contributed by atoms with van der Waals surface area (Å²) >= 11 is 0. The molecule has 1 rings (SSSR count). The van der Waals surface area contributed by atoms with E-state index in [9.17, 15) is 8.42 Å². The zero-order valence-corrected chi connectivity index (χ0v) is 13.5. The molecule has 6 heteroatoms. The number of rotatable bonds is 8. The summed E-state index contributed by atoms with van der Waals surface area (Å²) in [5.74, 6) is 2.70. The molecule has 0 amide bonds. The third-order valence-electron chi connectivity index (χ3n) is 3.05. The van der Waals surface area contributed by atoms with E-state index in [-0.39, 0.29) is 11.4 Å². The van der Waals surface area contributed by atoms with Crippen LogP contribution in [0.4, 0.5) is 0 Å². The maximum Gasteiger partial charge on any atom is 0.247 e. The Labute approximate surface area is 127 Å². The highest BCUT2D eigenvalue weighted by molar-refractivity contribution is 7.89. The fourth-order valence-corrected chi connectivity index (χ4v) is 3.41. The van der Waals surface area contributed by atoms with E-state index in [0.29, 0.717) is 18.8 Å². The Hall–Kier alpha value is -1.55. The average Bonchev–Trinajstić information content (AvgIpc) is 2.49. The third-order valence-corrected chi connectivity index (χ3v) is 5.01. The van der Waals surface area contributed by atoms with Gasteiger partial charge in [-0.25, -0.2) is 8.42 Å². The molecule has 0 aromatic heterocycles. The minimum atomic E-state index is -3.65. The highest BCUT2D eigenvalue weighted by atomic mass is 32.2. The lowest BCUT2D eigenvalue weighted by Crippen LogP contribution is -2.31. The molecule has 116 valence electrons. The first-order valence-electron chi connectivity index (χ1n) is 6.82. The van der Waals surface area contributed by atoms with Crippen molar-refractivity contribution < 1.29 is 13.2 Å². The molecule has 0 aliphatic heterocycles. The first-order valence-corrected chi connectivity index (χ1v) is 8.26. The summed E-state index contributed by atoms with van der Waals surface area (Å²) in [4.78, 5) is 0.141. The molecule has 0 aliphatic rings. The van der Waals surface area contributed by atoms with Crippen molar-refractivity contribution in [1.29, 1.82) is 0 Å². The molecule has 0 heterocycles. The van der Waals surface area contributed by atoms with Gasteiger partial charge in [0.1, 0.15) is 10.6 Å². The standard InChI is InChI=1S/C15H22N2O3S/c1-5-10-17(7-3)21(18,19)15-9-8-13(12-16-6-2)11-14(15)20-4/h1,8-9,11,16H,6-7,10,12H2,2-4H3. The van der Waals surface area contributed by atoms with Gasteiger partial charge in [0.05, 0.1) is 13.7 Å². The predicted molar refractivity (Wildman–Crippen MR) is 83.6 cm³/mol. The zero-order chi connectivity index (χ0) is 15.9. The molecule has 0 aliphatic carbocycles. The molecular weight excluding hydrogens is 288 g/mol. The molecule has 1 aromatic carbocycles. The lowest BCUT2D eigenvalue weighted by Gasteiger charge is -2.20. The Morgan fingerprint density at radius 1 is 1.38 bits per heavy atom. The van der Waals surface area contributed by atoms with Gasteiger partial charge in [0, 0.05) is 13.1 Å². The number of methoxy groups -OCH3 is 1. The lowest BCUT2D eigenvalue weighted by molar-refractivity contribution is 0.396. The van der Waals surface area contributed by atoms with E-state index < -0.39 is 10.0 Å². The Kier molecular flexibility index (Phi) is 6.69. The van der Waals surface area contributed by atoms with Gasteiger partial charge >= 0.3 is 0 Å². The topological polar surface area (TPSA) is 58.6 Å². The monoisotopic (exact) mass is 310 g/mol. The highest BCUT2D eigenvalue weighted by Gasteiger charge is 2.26. The van der Waals surface area contributed by atoms with Crippen molar-refractivity contribution in [3.8, 4) is 18.1 Å². The van der Waals surface area contributed by atoms with Gasteiger partial charge in [0.2, 0.25) is 10.0 Å². The van der Waals surface area contributed by atoms with E-state index in [0.717, 1.165) is 12.1 Å². The number of hydrogen-bond acceptors (Lipinski definition) is 4. The Bertz CT molecular complexity index is 606. The van der Waals surface area contributed by atoms with Gasteiger partial charge in [-0.3, -0.25) is 0 Å². The number of hydrogen-bond donors (Lipinski definition) is 1. The van der Waals surface area contributed by atoms with Gasteiger partial charge in [-0.15, -0.1) is 6.42 Å². The van der Waals surface area contributed by atoms with Crippen molar-refractivity contribution in [3.63, 3.8) is 0 Å². The van der Waals surface area contributed by atoms with E-state index in [1.54, 1.807) is 25.1 Å². The molecule has 0 unspecified atom stereocenters. The van der Waals surface area contributed by atoms with Crippen LogP contribution < -0.4 is 10.1 Å². The molecule has 0 atom stereocenters. The van der Waals surface area contributed by atoms with Gasteiger partial charge in [0.25, 0.3) is 0 Å². The second-order valence-electron chi connectivity index (χ2n) is 4.40. The molecule has 0 fully saturated rings. The maximum atomic E-state index is 12.6. The normalized spacial score (nSPS) is 11.4. The summed E-state index contributed by atoms with van der Waals surface area (Å²) in [5.41, 5.74) is 0.965. The summed E-state index contributed by atoms with van der Waals surface area (Å²) in [6.45, 7) is 5.62. The van der Waals surface area contributed by atoms with Gasteiger partial charge in [0.15, 0.2) is 0 Å². The molecule has 1 aromatic rings. The SMILES string of the molecule is C#CCN(CC)S(=O)(=O)c1ccc(CNCC)cc1OC.